The highest BCUT2D eigenvalue weighted by Crippen LogP contribution is 2.41. The minimum absolute atomic E-state index is 0.117. The van der Waals surface area contributed by atoms with Crippen LogP contribution in [0.3, 0.4) is 0 Å². The molecule has 6 heteroatoms. The van der Waals surface area contributed by atoms with Crippen LogP contribution in [-0.4, -0.2) is 20.9 Å². The van der Waals surface area contributed by atoms with Gasteiger partial charge in [0.25, 0.3) is 10.0 Å². The molecule has 1 heterocycles. The van der Waals surface area contributed by atoms with Gasteiger partial charge in [0.1, 0.15) is 13.2 Å². The number of aryl methyl sites for hydroxylation is 2. The summed E-state index contributed by atoms with van der Waals surface area (Å²) < 4.78 is 32.2. The number of ether oxygens (including phenoxy) is 1. The average Bonchev–Trinajstić information content (AvgIpc) is 2.83. The lowest BCUT2D eigenvalue weighted by Gasteiger charge is -2.18. The summed E-state index contributed by atoms with van der Waals surface area (Å²) in [5.41, 5.74) is 3.58. The summed E-state index contributed by atoms with van der Waals surface area (Å²) in [6.07, 6.45) is 0. The van der Waals surface area contributed by atoms with Gasteiger partial charge in [0.2, 0.25) is 0 Å². The van der Waals surface area contributed by atoms with Crippen molar-refractivity contribution in [3.8, 4) is 0 Å². The maximum Gasteiger partial charge on any atom is 0.327 e. The predicted molar refractivity (Wildman–Crippen MR) is 104 cm³/mol. The molecule has 0 amide bonds. The third kappa shape index (κ3) is 3.06. The minimum Gasteiger partial charge on any atom is -0.459 e. The fourth-order valence-corrected chi connectivity index (χ4v) is 5.26. The predicted octanol–water partition coefficient (Wildman–Crippen LogP) is 3.71. The Hall–Kier alpha value is -2.86. The molecule has 0 bridgehead atoms. The Morgan fingerprint density at radius 2 is 1.67 bits per heavy atom. The molecule has 5 nitrogen and oxygen atoms in total. The van der Waals surface area contributed by atoms with Crippen LogP contribution in [-0.2, 0) is 26.2 Å². The van der Waals surface area contributed by atoms with E-state index in [9.17, 15) is 13.2 Å². The molecule has 1 aliphatic rings. The van der Waals surface area contributed by atoms with Crippen molar-refractivity contribution in [1.82, 2.24) is 0 Å². The smallest absolute Gasteiger partial charge is 0.327 e. The molecule has 3 aromatic rings. The van der Waals surface area contributed by atoms with Crippen molar-refractivity contribution in [2.45, 2.75) is 25.3 Å². The standard InChI is InChI=1S/C21H19NO4S/c1-14-9-15(2)11-16(10-14)13-26-20(23)12-22-18-7-3-5-17-6-4-8-19(21(17)18)27(22,24)25/h3-11H,12-13H2,1-2H3. The first-order chi connectivity index (χ1) is 12.9. The van der Waals surface area contributed by atoms with Crippen LogP contribution in [0.5, 0.6) is 0 Å². The van der Waals surface area contributed by atoms with Gasteiger partial charge in [-0.3, -0.25) is 9.10 Å². The highest BCUT2D eigenvalue weighted by atomic mass is 32.2. The highest BCUT2D eigenvalue weighted by molar-refractivity contribution is 7.93. The Bertz CT molecular complexity index is 1140. The molecule has 0 atom stereocenters. The van der Waals surface area contributed by atoms with E-state index in [4.69, 9.17) is 4.74 Å². The largest absolute Gasteiger partial charge is 0.459 e. The van der Waals surface area contributed by atoms with Crippen LogP contribution in [0, 0.1) is 13.8 Å². The Labute approximate surface area is 158 Å². The van der Waals surface area contributed by atoms with E-state index in [2.05, 4.69) is 0 Å². The highest BCUT2D eigenvalue weighted by Gasteiger charge is 2.36. The molecule has 0 spiro atoms. The Morgan fingerprint density at radius 3 is 2.37 bits per heavy atom. The van der Waals surface area contributed by atoms with Crippen molar-refractivity contribution >= 4 is 32.5 Å². The van der Waals surface area contributed by atoms with E-state index in [-0.39, 0.29) is 18.0 Å². The first-order valence-corrected chi connectivity index (χ1v) is 10.1. The molecular weight excluding hydrogens is 362 g/mol. The van der Waals surface area contributed by atoms with Gasteiger partial charge >= 0.3 is 5.97 Å². The number of rotatable bonds is 4. The number of anilines is 1. The Kier molecular flexibility index (Phi) is 4.15. The van der Waals surface area contributed by atoms with Crippen molar-refractivity contribution in [1.29, 1.82) is 0 Å². The van der Waals surface area contributed by atoms with Crippen LogP contribution in [0.2, 0.25) is 0 Å². The van der Waals surface area contributed by atoms with Crippen LogP contribution in [0.1, 0.15) is 16.7 Å². The molecule has 4 rings (SSSR count). The molecule has 138 valence electrons. The molecular formula is C21H19NO4S. The first kappa shape index (κ1) is 17.5. The number of carbonyl (C=O) groups excluding carboxylic acids is 1. The van der Waals surface area contributed by atoms with E-state index < -0.39 is 16.0 Å². The summed E-state index contributed by atoms with van der Waals surface area (Å²) >= 11 is 0. The molecule has 0 fully saturated rings. The van der Waals surface area contributed by atoms with Crippen molar-refractivity contribution in [3.05, 3.63) is 71.3 Å². The molecule has 3 aromatic carbocycles. The van der Waals surface area contributed by atoms with Crippen LogP contribution < -0.4 is 4.31 Å². The van der Waals surface area contributed by atoms with Crippen LogP contribution in [0.4, 0.5) is 5.69 Å². The lowest BCUT2D eigenvalue weighted by molar-refractivity contribution is -0.143. The van der Waals surface area contributed by atoms with Gasteiger partial charge in [-0.2, -0.15) is 0 Å². The molecule has 0 radical (unpaired) electrons. The van der Waals surface area contributed by atoms with Gasteiger partial charge in [-0.15, -0.1) is 0 Å². The third-order valence-corrected chi connectivity index (χ3v) is 6.44. The molecule has 0 N–H and O–H groups in total. The van der Waals surface area contributed by atoms with E-state index in [1.807, 2.05) is 44.2 Å². The van der Waals surface area contributed by atoms with Crippen LogP contribution in [0.25, 0.3) is 10.8 Å². The number of hydrogen-bond acceptors (Lipinski definition) is 4. The number of nitrogens with zero attached hydrogens (tertiary/aromatic N) is 1. The Balaban J connectivity index is 1.56. The van der Waals surface area contributed by atoms with Crippen LogP contribution >= 0.6 is 0 Å². The first-order valence-electron chi connectivity index (χ1n) is 8.63. The summed E-state index contributed by atoms with van der Waals surface area (Å²) in [4.78, 5) is 12.6. The fraction of sp³-hybridized carbons (Fsp3) is 0.190. The molecule has 0 aromatic heterocycles. The van der Waals surface area contributed by atoms with Crippen LogP contribution in [0.15, 0.2) is 59.5 Å². The van der Waals surface area contributed by atoms with Gasteiger partial charge in [0.15, 0.2) is 0 Å². The molecule has 0 saturated carbocycles. The second-order valence-corrected chi connectivity index (χ2v) is 8.63. The number of esters is 1. The lowest BCUT2D eigenvalue weighted by Crippen LogP contribution is -2.33. The monoisotopic (exact) mass is 381 g/mol. The number of sulfonamides is 1. The molecule has 0 saturated heterocycles. The van der Waals surface area contributed by atoms with Crippen molar-refractivity contribution in [2.75, 3.05) is 10.8 Å². The van der Waals surface area contributed by atoms with Crippen molar-refractivity contribution in [3.63, 3.8) is 0 Å². The summed E-state index contributed by atoms with van der Waals surface area (Å²) in [6, 6.07) is 16.4. The molecule has 1 aliphatic heterocycles. The zero-order valence-corrected chi connectivity index (χ0v) is 15.9. The summed E-state index contributed by atoms with van der Waals surface area (Å²) in [5.74, 6) is -0.581. The number of hydrogen-bond donors (Lipinski definition) is 0. The van der Waals surface area contributed by atoms with Gasteiger partial charge in [-0.25, -0.2) is 8.42 Å². The Morgan fingerprint density at radius 1 is 1.00 bits per heavy atom. The summed E-state index contributed by atoms with van der Waals surface area (Å²) in [7, 11) is -3.76. The minimum atomic E-state index is -3.76. The third-order valence-electron chi connectivity index (χ3n) is 4.64. The number of carbonyl (C=O) groups is 1. The molecule has 0 unspecified atom stereocenters. The average molecular weight is 381 g/mol. The number of benzene rings is 3. The van der Waals surface area contributed by atoms with Crippen molar-refractivity contribution < 1.29 is 17.9 Å². The van der Waals surface area contributed by atoms with E-state index in [0.717, 1.165) is 26.4 Å². The van der Waals surface area contributed by atoms with Gasteiger partial charge in [-0.05, 0) is 36.9 Å². The SMILES string of the molecule is Cc1cc(C)cc(COC(=O)CN2c3cccc4cccc(c34)S2(=O)=O)c1. The second kappa shape index (κ2) is 6.39. The van der Waals surface area contributed by atoms with Crippen molar-refractivity contribution in [2.24, 2.45) is 0 Å². The van der Waals surface area contributed by atoms with E-state index >= 15 is 0 Å². The van der Waals surface area contributed by atoms with Gasteiger partial charge < -0.3 is 4.74 Å². The normalized spacial score (nSPS) is 14.5. The maximum absolute atomic E-state index is 12.9. The zero-order valence-electron chi connectivity index (χ0n) is 15.1. The lowest BCUT2D eigenvalue weighted by atomic mass is 10.1. The molecule has 0 aliphatic carbocycles. The summed E-state index contributed by atoms with van der Waals surface area (Å²) in [6.45, 7) is 3.73. The van der Waals surface area contributed by atoms with E-state index in [1.165, 1.54) is 0 Å². The van der Waals surface area contributed by atoms with Gasteiger partial charge in [0, 0.05) is 5.39 Å². The zero-order chi connectivity index (χ0) is 19.2. The van der Waals surface area contributed by atoms with Gasteiger partial charge in [-0.1, -0.05) is 53.6 Å². The topological polar surface area (TPSA) is 63.7 Å². The van der Waals surface area contributed by atoms with Gasteiger partial charge in [0.05, 0.1) is 10.6 Å². The molecule has 27 heavy (non-hydrogen) atoms. The summed E-state index contributed by atoms with van der Waals surface area (Å²) in [5, 5.41) is 1.49. The quantitative estimate of drug-likeness (QED) is 0.647. The van der Waals surface area contributed by atoms with E-state index in [0.29, 0.717) is 11.1 Å². The second-order valence-electron chi connectivity index (χ2n) is 6.80. The maximum atomic E-state index is 12.9. The fourth-order valence-electron chi connectivity index (χ4n) is 3.61. The van der Waals surface area contributed by atoms with E-state index in [1.54, 1.807) is 24.3 Å².